The summed E-state index contributed by atoms with van der Waals surface area (Å²) >= 11 is 1.19. The molecule has 1 unspecified atom stereocenters. The second-order valence-corrected chi connectivity index (χ2v) is 6.70. The number of nitrogens with zero attached hydrogens (tertiary/aromatic N) is 1. The van der Waals surface area contributed by atoms with E-state index in [4.69, 9.17) is 0 Å². The molecule has 0 saturated heterocycles. The van der Waals surface area contributed by atoms with E-state index in [-0.39, 0.29) is 6.54 Å². The molecule has 0 bridgehead atoms. The van der Waals surface area contributed by atoms with E-state index in [2.05, 4.69) is 0 Å². The quantitative estimate of drug-likeness (QED) is 0.885. The smallest absolute Gasteiger partial charge is 0.277 e. The Hall–Kier alpha value is -0.920. The normalized spacial score (nSPS) is 13.4. The highest BCUT2D eigenvalue weighted by Gasteiger charge is 2.27. The van der Waals surface area contributed by atoms with E-state index in [0.29, 0.717) is 9.18 Å². The monoisotopic (exact) mass is 277 g/mol. The summed E-state index contributed by atoms with van der Waals surface area (Å²) in [6, 6.07) is 1.75. The zero-order valence-corrected chi connectivity index (χ0v) is 11.5. The highest BCUT2D eigenvalue weighted by molar-refractivity contribution is 7.88. The minimum absolute atomic E-state index is 0.227. The van der Waals surface area contributed by atoms with Crippen LogP contribution in [-0.2, 0) is 10.0 Å². The maximum atomic E-state index is 12.1. The van der Waals surface area contributed by atoms with E-state index in [1.165, 1.54) is 18.3 Å². The van der Waals surface area contributed by atoms with Crippen molar-refractivity contribution in [3.63, 3.8) is 0 Å². The molecular weight excluding hydrogens is 262 g/mol. The fraction of sp³-hybridized carbons (Fsp3) is 0.500. The molecule has 1 aromatic rings. The number of amides is 1. The maximum Gasteiger partial charge on any atom is 0.277 e. The summed E-state index contributed by atoms with van der Waals surface area (Å²) in [6.07, 6.45) is 0.0601. The van der Waals surface area contributed by atoms with Crippen LogP contribution in [0.5, 0.6) is 0 Å². The van der Waals surface area contributed by atoms with E-state index < -0.39 is 22.0 Å². The lowest BCUT2D eigenvalue weighted by Gasteiger charge is -2.21. The van der Waals surface area contributed by atoms with Gasteiger partial charge in [0.15, 0.2) is 0 Å². The molecule has 0 aliphatic carbocycles. The van der Waals surface area contributed by atoms with Gasteiger partial charge in [0.2, 0.25) is 10.0 Å². The summed E-state index contributed by atoms with van der Waals surface area (Å²) in [5, 5.41) is 11.0. The van der Waals surface area contributed by atoms with E-state index in [0.717, 1.165) is 11.8 Å². The highest BCUT2D eigenvalue weighted by atomic mass is 32.2. The summed E-state index contributed by atoms with van der Waals surface area (Å²) in [4.78, 5) is 12.4. The number of thiophene rings is 1. The number of rotatable bonds is 4. The topological polar surface area (TPSA) is 74.7 Å². The minimum atomic E-state index is -3.67. The number of aliphatic hydroxyl groups excluding tert-OH is 1. The summed E-state index contributed by atoms with van der Waals surface area (Å²) in [5.74, 6) is -0.582. The molecule has 0 aliphatic rings. The summed E-state index contributed by atoms with van der Waals surface area (Å²) in [5.41, 5.74) is 0.735. The van der Waals surface area contributed by atoms with Crippen LogP contribution in [0.15, 0.2) is 11.4 Å². The zero-order valence-electron chi connectivity index (χ0n) is 9.87. The van der Waals surface area contributed by atoms with Crippen LogP contribution in [0.3, 0.4) is 0 Å². The van der Waals surface area contributed by atoms with Crippen molar-refractivity contribution in [3.8, 4) is 0 Å². The molecule has 1 N–H and O–H groups in total. The Morgan fingerprint density at radius 1 is 1.59 bits per heavy atom. The van der Waals surface area contributed by atoms with Gasteiger partial charge in [-0.3, -0.25) is 4.79 Å². The average Bonchev–Trinajstić information content (AvgIpc) is 2.58. The molecule has 5 nitrogen and oxygen atoms in total. The Bertz CT molecular complexity index is 504. The molecule has 0 spiro atoms. The Morgan fingerprint density at radius 2 is 2.18 bits per heavy atom. The molecule has 0 aromatic carbocycles. The van der Waals surface area contributed by atoms with Crippen LogP contribution in [0.2, 0.25) is 0 Å². The van der Waals surface area contributed by atoms with Crippen molar-refractivity contribution in [2.45, 2.75) is 20.0 Å². The number of aliphatic hydroxyl groups is 1. The lowest BCUT2D eigenvalue weighted by Crippen LogP contribution is -2.40. The van der Waals surface area contributed by atoms with Crippen LogP contribution >= 0.6 is 11.3 Å². The molecule has 17 heavy (non-hydrogen) atoms. The molecule has 0 fully saturated rings. The Morgan fingerprint density at radius 3 is 2.53 bits per heavy atom. The van der Waals surface area contributed by atoms with Crippen LogP contribution in [0.25, 0.3) is 0 Å². The van der Waals surface area contributed by atoms with Gasteiger partial charge in [0, 0.05) is 0 Å². The molecule has 0 aliphatic heterocycles. The predicted octanol–water partition coefficient (Wildman–Crippen LogP) is 0.839. The molecule has 7 heteroatoms. The number of hydrogen-bond donors (Lipinski definition) is 1. The van der Waals surface area contributed by atoms with Crippen LogP contribution in [-0.4, -0.2) is 42.6 Å². The average molecular weight is 277 g/mol. The number of sulfonamides is 1. The Balaban J connectivity index is 3.08. The highest BCUT2D eigenvalue weighted by Crippen LogP contribution is 2.19. The number of carbonyl (C=O) groups excluding carboxylic acids is 1. The summed E-state index contributed by atoms with van der Waals surface area (Å²) in [6.45, 7) is 2.95. The fourth-order valence-electron chi connectivity index (χ4n) is 1.31. The van der Waals surface area contributed by atoms with Crippen molar-refractivity contribution in [2.24, 2.45) is 0 Å². The van der Waals surface area contributed by atoms with Crippen LogP contribution < -0.4 is 0 Å². The van der Waals surface area contributed by atoms with Crippen molar-refractivity contribution in [1.82, 2.24) is 4.31 Å². The van der Waals surface area contributed by atoms with Gasteiger partial charge in [-0.25, -0.2) is 12.7 Å². The second-order valence-electron chi connectivity index (χ2n) is 3.88. The standard InChI is InChI=1S/C10H15NO4S2/c1-7-4-5-16-9(7)10(13)11(6-8(2)12)17(3,14)15/h4-5,8,12H,6H2,1-3H3. The number of hydrogen-bond acceptors (Lipinski definition) is 5. The fourth-order valence-corrected chi connectivity index (χ4v) is 3.12. The molecule has 1 rings (SSSR count). The first kappa shape index (κ1) is 14.1. The van der Waals surface area contributed by atoms with Crippen molar-refractivity contribution in [3.05, 3.63) is 21.9 Å². The van der Waals surface area contributed by atoms with Crippen molar-refractivity contribution >= 4 is 27.3 Å². The molecule has 1 heterocycles. The molecule has 0 radical (unpaired) electrons. The predicted molar refractivity (Wildman–Crippen MR) is 66.6 cm³/mol. The Labute approximate surface area is 105 Å². The third kappa shape index (κ3) is 3.52. The zero-order chi connectivity index (χ0) is 13.2. The first-order valence-electron chi connectivity index (χ1n) is 4.97. The lowest BCUT2D eigenvalue weighted by molar-refractivity contribution is 0.0802. The van der Waals surface area contributed by atoms with E-state index in [1.807, 2.05) is 0 Å². The largest absolute Gasteiger partial charge is 0.392 e. The molecular formula is C10H15NO4S2. The number of carbonyl (C=O) groups is 1. The van der Waals surface area contributed by atoms with Crippen molar-refractivity contribution < 1.29 is 18.3 Å². The van der Waals surface area contributed by atoms with E-state index >= 15 is 0 Å². The summed E-state index contributed by atoms with van der Waals surface area (Å²) < 4.78 is 23.7. The minimum Gasteiger partial charge on any atom is -0.392 e. The number of aryl methyl sites for hydroxylation is 1. The third-order valence-corrected chi connectivity index (χ3v) is 4.23. The van der Waals surface area contributed by atoms with Gasteiger partial charge in [0.25, 0.3) is 5.91 Å². The Kier molecular flexibility index (Phi) is 4.29. The van der Waals surface area contributed by atoms with Gasteiger partial charge >= 0.3 is 0 Å². The molecule has 1 atom stereocenters. The van der Waals surface area contributed by atoms with Gasteiger partial charge in [-0.05, 0) is 30.9 Å². The molecule has 1 aromatic heterocycles. The van der Waals surface area contributed by atoms with E-state index in [1.54, 1.807) is 18.4 Å². The van der Waals surface area contributed by atoms with E-state index in [9.17, 15) is 18.3 Å². The molecule has 1 amide bonds. The second kappa shape index (κ2) is 5.16. The molecule has 96 valence electrons. The van der Waals surface area contributed by atoms with Crippen molar-refractivity contribution in [1.29, 1.82) is 0 Å². The van der Waals surface area contributed by atoms with Crippen LogP contribution in [0.1, 0.15) is 22.2 Å². The van der Waals surface area contributed by atoms with Gasteiger partial charge in [-0.2, -0.15) is 0 Å². The van der Waals surface area contributed by atoms with Crippen LogP contribution in [0.4, 0.5) is 0 Å². The van der Waals surface area contributed by atoms with Gasteiger partial charge in [-0.1, -0.05) is 0 Å². The van der Waals surface area contributed by atoms with Gasteiger partial charge < -0.3 is 5.11 Å². The van der Waals surface area contributed by atoms with Gasteiger partial charge in [0.1, 0.15) is 0 Å². The third-order valence-electron chi connectivity index (χ3n) is 2.11. The summed E-state index contributed by atoms with van der Waals surface area (Å²) in [7, 11) is -3.67. The van der Waals surface area contributed by atoms with Crippen LogP contribution in [0, 0.1) is 6.92 Å². The van der Waals surface area contributed by atoms with Gasteiger partial charge in [0.05, 0.1) is 23.8 Å². The first-order valence-corrected chi connectivity index (χ1v) is 7.70. The SMILES string of the molecule is Cc1ccsc1C(=O)N(CC(C)O)S(C)(=O)=O. The van der Waals surface area contributed by atoms with Crippen molar-refractivity contribution in [2.75, 3.05) is 12.8 Å². The van der Waals surface area contributed by atoms with Gasteiger partial charge in [-0.15, -0.1) is 11.3 Å². The molecule has 0 saturated carbocycles. The lowest BCUT2D eigenvalue weighted by atomic mass is 10.3. The maximum absolute atomic E-state index is 12.1. The first-order chi connectivity index (χ1) is 7.73.